The molecule has 1 aliphatic rings. The number of anilines is 1. The normalized spacial score (nSPS) is 15.9. The lowest BCUT2D eigenvalue weighted by Crippen LogP contribution is -2.28. The van der Waals surface area contributed by atoms with Crippen LogP contribution >= 0.6 is 0 Å². The Bertz CT molecular complexity index is 481. The summed E-state index contributed by atoms with van der Waals surface area (Å²) >= 11 is 0. The van der Waals surface area contributed by atoms with E-state index >= 15 is 0 Å². The van der Waals surface area contributed by atoms with Gasteiger partial charge in [-0.3, -0.25) is 0 Å². The van der Waals surface area contributed by atoms with Gasteiger partial charge in [-0.25, -0.2) is 4.79 Å². The summed E-state index contributed by atoms with van der Waals surface area (Å²) in [6.07, 6.45) is 1.92. The van der Waals surface area contributed by atoms with E-state index < -0.39 is 5.97 Å². The molecular formula is C15H21NO4. The predicted octanol–water partition coefficient (Wildman–Crippen LogP) is 2.68. The predicted molar refractivity (Wildman–Crippen MR) is 76.8 cm³/mol. The molecule has 2 rings (SSSR count). The van der Waals surface area contributed by atoms with E-state index in [2.05, 4.69) is 5.32 Å². The standard InChI is InChI=1S/C15H21NO4/c1-3-20-14-10(2)13(5-4-12(14)15(17)18)16-11-6-8-19-9-7-11/h4-5,11,16H,3,6-9H2,1-2H3,(H,17,18). The zero-order valence-electron chi connectivity index (χ0n) is 11.9. The monoisotopic (exact) mass is 279 g/mol. The van der Waals surface area contributed by atoms with Gasteiger partial charge >= 0.3 is 5.97 Å². The van der Waals surface area contributed by atoms with E-state index in [9.17, 15) is 9.90 Å². The van der Waals surface area contributed by atoms with Gasteiger partial charge in [-0.15, -0.1) is 0 Å². The van der Waals surface area contributed by atoms with Gasteiger partial charge in [0.1, 0.15) is 11.3 Å². The molecule has 0 aliphatic carbocycles. The molecule has 0 amide bonds. The Balaban J connectivity index is 2.25. The van der Waals surface area contributed by atoms with E-state index in [1.165, 1.54) is 0 Å². The maximum atomic E-state index is 11.2. The molecule has 20 heavy (non-hydrogen) atoms. The van der Waals surface area contributed by atoms with Gasteiger partial charge in [0.15, 0.2) is 0 Å². The minimum atomic E-state index is -0.964. The average molecular weight is 279 g/mol. The van der Waals surface area contributed by atoms with Crippen molar-refractivity contribution in [1.82, 2.24) is 0 Å². The molecule has 0 spiro atoms. The van der Waals surface area contributed by atoms with Gasteiger partial charge in [-0.1, -0.05) is 0 Å². The lowest BCUT2D eigenvalue weighted by molar-refractivity contribution is 0.0692. The van der Waals surface area contributed by atoms with Crippen LogP contribution in [0.1, 0.15) is 35.7 Å². The maximum Gasteiger partial charge on any atom is 0.339 e. The van der Waals surface area contributed by atoms with Gasteiger partial charge in [-0.2, -0.15) is 0 Å². The van der Waals surface area contributed by atoms with Gasteiger partial charge < -0.3 is 19.9 Å². The number of ether oxygens (including phenoxy) is 2. The molecule has 2 N–H and O–H groups in total. The van der Waals surface area contributed by atoms with Gasteiger partial charge in [0.05, 0.1) is 6.61 Å². The van der Waals surface area contributed by atoms with Crippen LogP contribution in [-0.4, -0.2) is 36.9 Å². The first-order valence-corrected chi connectivity index (χ1v) is 6.97. The third-order valence-corrected chi connectivity index (χ3v) is 3.51. The second-order valence-corrected chi connectivity index (χ2v) is 4.88. The highest BCUT2D eigenvalue weighted by atomic mass is 16.5. The van der Waals surface area contributed by atoms with E-state index in [1.807, 2.05) is 19.9 Å². The number of benzene rings is 1. The van der Waals surface area contributed by atoms with E-state index in [0.717, 1.165) is 37.3 Å². The summed E-state index contributed by atoms with van der Waals surface area (Å²) in [6.45, 7) is 5.72. The molecule has 5 nitrogen and oxygen atoms in total. The van der Waals surface area contributed by atoms with E-state index in [-0.39, 0.29) is 5.56 Å². The largest absolute Gasteiger partial charge is 0.493 e. The molecule has 1 heterocycles. The van der Waals surface area contributed by atoms with Crippen molar-refractivity contribution in [3.05, 3.63) is 23.3 Å². The summed E-state index contributed by atoms with van der Waals surface area (Å²) in [4.78, 5) is 11.2. The zero-order valence-corrected chi connectivity index (χ0v) is 11.9. The first kappa shape index (κ1) is 14.7. The molecular weight excluding hydrogens is 258 g/mol. The summed E-state index contributed by atoms with van der Waals surface area (Å²) in [5, 5.41) is 12.7. The lowest BCUT2D eigenvalue weighted by Gasteiger charge is -2.25. The molecule has 1 aromatic rings. The Kier molecular flexibility index (Phi) is 4.84. The fraction of sp³-hybridized carbons (Fsp3) is 0.533. The molecule has 0 unspecified atom stereocenters. The highest BCUT2D eigenvalue weighted by molar-refractivity contribution is 5.92. The van der Waals surface area contributed by atoms with Crippen molar-refractivity contribution in [3.63, 3.8) is 0 Å². The van der Waals surface area contributed by atoms with Crippen LogP contribution in [0.2, 0.25) is 0 Å². The van der Waals surface area contributed by atoms with Crippen molar-refractivity contribution >= 4 is 11.7 Å². The number of carbonyl (C=O) groups is 1. The molecule has 1 aliphatic heterocycles. The van der Waals surface area contributed by atoms with E-state index in [4.69, 9.17) is 9.47 Å². The summed E-state index contributed by atoms with van der Waals surface area (Å²) in [7, 11) is 0. The van der Waals surface area contributed by atoms with Crippen LogP contribution in [0, 0.1) is 6.92 Å². The third-order valence-electron chi connectivity index (χ3n) is 3.51. The molecule has 1 saturated heterocycles. The number of nitrogens with one attached hydrogen (secondary N) is 1. The quantitative estimate of drug-likeness (QED) is 0.867. The Morgan fingerprint density at radius 1 is 1.45 bits per heavy atom. The lowest BCUT2D eigenvalue weighted by atomic mass is 10.0. The molecule has 0 radical (unpaired) electrons. The average Bonchev–Trinajstić information content (AvgIpc) is 2.44. The van der Waals surface area contributed by atoms with E-state index in [1.54, 1.807) is 6.07 Å². The van der Waals surface area contributed by atoms with Gasteiger partial charge in [0, 0.05) is 30.5 Å². The summed E-state index contributed by atoms with van der Waals surface area (Å²) in [5.74, 6) is -0.508. The van der Waals surface area contributed by atoms with Crippen LogP contribution in [0.25, 0.3) is 0 Å². The zero-order chi connectivity index (χ0) is 14.5. The molecule has 0 atom stereocenters. The highest BCUT2D eigenvalue weighted by Crippen LogP contribution is 2.31. The van der Waals surface area contributed by atoms with Crippen molar-refractivity contribution in [2.75, 3.05) is 25.1 Å². The molecule has 5 heteroatoms. The van der Waals surface area contributed by atoms with Crippen molar-refractivity contribution < 1.29 is 19.4 Å². The van der Waals surface area contributed by atoms with Gasteiger partial charge in [-0.05, 0) is 38.8 Å². The first-order valence-electron chi connectivity index (χ1n) is 6.97. The maximum absolute atomic E-state index is 11.2. The Labute approximate surface area is 118 Å². The summed E-state index contributed by atoms with van der Waals surface area (Å²) in [6, 6.07) is 3.78. The Morgan fingerprint density at radius 2 is 2.15 bits per heavy atom. The van der Waals surface area contributed by atoms with Crippen molar-refractivity contribution in [2.45, 2.75) is 32.7 Å². The topological polar surface area (TPSA) is 67.8 Å². The van der Waals surface area contributed by atoms with Gasteiger partial charge in [0.2, 0.25) is 0 Å². The SMILES string of the molecule is CCOc1c(C(=O)O)ccc(NC2CCOCC2)c1C. The highest BCUT2D eigenvalue weighted by Gasteiger charge is 2.19. The first-order chi connectivity index (χ1) is 9.63. The van der Waals surface area contributed by atoms with Crippen LogP contribution in [0.4, 0.5) is 5.69 Å². The number of hydrogen-bond acceptors (Lipinski definition) is 4. The number of aromatic carboxylic acids is 1. The number of rotatable bonds is 5. The van der Waals surface area contributed by atoms with Crippen LogP contribution < -0.4 is 10.1 Å². The molecule has 0 aromatic heterocycles. The molecule has 0 bridgehead atoms. The minimum Gasteiger partial charge on any atom is -0.493 e. The second kappa shape index (κ2) is 6.61. The van der Waals surface area contributed by atoms with Crippen LogP contribution in [0.3, 0.4) is 0 Å². The Hall–Kier alpha value is -1.75. The van der Waals surface area contributed by atoms with E-state index in [0.29, 0.717) is 18.4 Å². The second-order valence-electron chi connectivity index (χ2n) is 4.88. The Morgan fingerprint density at radius 3 is 2.75 bits per heavy atom. The fourth-order valence-corrected chi connectivity index (χ4v) is 2.41. The fourth-order valence-electron chi connectivity index (χ4n) is 2.41. The molecule has 110 valence electrons. The van der Waals surface area contributed by atoms with Gasteiger partial charge in [0.25, 0.3) is 0 Å². The summed E-state index contributed by atoms with van der Waals surface area (Å²) < 4.78 is 10.9. The third kappa shape index (κ3) is 3.22. The minimum absolute atomic E-state index is 0.210. The van der Waals surface area contributed by atoms with Crippen molar-refractivity contribution in [3.8, 4) is 5.75 Å². The summed E-state index contributed by atoms with van der Waals surface area (Å²) in [5.41, 5.74) is 1.99. The number of carboxylic acid groups (broad SMARTS) is 1. The number of hydrogen-bond donors (Lipinski definition) is 2. The van der Waals surface area contributed by atoms with Crippen LogP contribution in [-0.2, 0) is 4.74 Å². The van der Waals surface area contributed by atoms with Crippen molar-refractivity contribution in [2.24, 2.45) is 0 Å². The molecule has 0 saturated carbocycles. The van der Waals surface area contributed by atoms with Crippen LogP contribution in [0.5, 0.6) is 5.75 Å². The number of carboxylic acids is 1. The van der Waals surface area contributed by atoms with Crippen molar-refractivity contribution in [1.29, 1.82) is 0 Å². The van der Waals surface area contributed by atoms with Crippen LogP contribution in [0.15, 0.2) is 12.1 Å². The molecule has 1 aromatic carbocycles. The molecule has 1 fully saturated rings. The smallest absolute Gasteiger partial charge is 0.339 e.